The maximum absolute atomic E-state index is 11.1. The molecule has 1 N–H and O–H groups in total. The summed E-state index contributed by atoms with van der Waals surface area (Å²) in [5, 5.41) is 22.6. The molecule has 0 radical (unpaired) electrons. The summed E-state index contributed by atoms with van der Waals surface area (Å²) in [6.45, 7) is 0. The fourth-order valence-corrected chi connectivity index (χ4v) is 2.94. The Hall–Kier alpha value is -2.88. The summed E-state index contributed by atoms with van der Waals surface area (Å²) < 4.78 is 0. The molecule has 4 nitrogen and oxygen atoms in total. The molecule has 0 saturated carbocycles. The fourth-order valence-electron chi connectivity index (χ4n) is 2.94. The molecule has 0 amide bonds. The molecule has 1 aliphatic carbocycles. The van der Waals surface area contributed by atoms with Crippen LogP contribution in [0.15, 0.2) is 48.5 Å². The first-order chi connectivity index (χ1) is 9.65. The van der Waals surface area contributed by atoms with Crippen molar-refractivity contribution < 1.29 is 10.0 Å². The highest BCUT2D eigenvalue weighted by atomic mass is 16.6. The number of benzene rings is 3. The molecule has 0 saturated heterocycles. The average Bonchev–Trinajstić information content (AvgIpc) is 2.75. The molecule has 0 heterocycles. The van der Waals surface area contributed by atoms with Crippen molar-refractivity contribution in [2.45, 2.75) is 0 Å². The molecule has 96 valence electrons. The quantitative estimate of drug-likeness (QED) is 0.415. The van der Waals surface area contributed by atoms with E-state index >= 15 is 0 Å². The lowest BCUT2D eigenvalue weighted by Crippen LogP contribution is -1.88. The topological polar surface area (TPSA) is 63.4 Å². The van der Waals surface area contributed by atoms with Crippen LogP contribution < -0.4 is 0 Å². The molecule has 4 rings (SSSR count). The van der Waals surface area contributed by atoms with Crippen molar-refractivity contribution in [2.24, 2.45) is 0 Å². The van der Waals surface area contributed by atoms with E-state index in [2.05, 4.69) is 0 Å². The normalized spacial score (nSPS) is 11.6. The van der Waals surface area contributed by atoms with E-state index in [4.69, 9.17) is 0 Å². The summed E-state index contributed by atoms with van der Waals surface area (Å²) >= 11 is 0. The molecule has 3 aromatic rings. The van der Waals surface area contributed by atoms with Crippen LogP contribution in [0.4, 0.5) is 5.69 Å². The van der Waals surface area contributed by atoms with E-state index in [1.807, 2.05) is 24.3 Å². The van der Waals surface area contributed by atoms with Gasteiger partial charge in [-0.15, -0.1) is 0 Å². The third-order valence-electron chi connectivity index (χ3n) is 3.76. The molecule has 0 fully saturated rings. The zero-order chi connectivity index (χ0) is 13.9. The third kappa shape index (κ3) is 1.30. The number of nitro benzene ring substituents is 1. The zero-order valence-corrected chi connectivity index (χ0v) is 10.3. The van der Waals surface area contributed by atoms with Gasteiger partial charge in [0.05, 0.1) is 4.92 Å². The molecular weight excluding hydrogens is 254 g/mol. The first-order valence-corrected chi connectivity index (χ1v) is 6.20. The Labute approximate surface area is 114 Å². The van der Waals surface area contributed by atoms with Gasteiger partial charge in [0.15, 0.2) is 0 Å². The molecule has 0 bridgehead atoms. The van der Waals surface area contributed by atoms with Crippen molar-refractivity contribution in [1.82, 2.24) is 0 Å². The van der Waals surface area contributed by atoms with Crippen LogP contribution in [-0.2, 0) is 0 Å². The van der Waals surface area contributed by atoms with Gasteiger partial charge < -0.3 is 5.11 Å². The summed E-state index contributed by atoms with van der Waals surface area (Å²) in [5.41, 5.74) is 3.79. The summed E-state index contributed by atoms with van der Waals surface area (Å²) in [6.07, 6.45) is 0. The number of hydrogen-bond donors (Lipinski definition) is 1. The second kappa shape index (κ2) is 3.57. The number of non-ortho nitro benzene ring substituents is 1. The van der Waals surface area contributed by atoms with E-state index < -0.39 is 0 Å². The van der Waals surface area contributed by atoms with Crippen LogP contribution in [0.3, 0.4) is 0 Å². The average molecular weight is 263 g/mol. The number of aromatic hydroxyl groups is 1. The van der Waals surface area contributed by atoms with Gasteiger partial charge in [0, 0.05) is 12.1 Å². The van der Waals surface area contributed by atoms with Crippen molar-refractivity contribution in [3.8, 4) is 28.0 Å². The molecular formula is C16H9NO3. The van der Waals surface area contributed by atoms with E-state index in [0.717, 1.165) is 33.0 Å². The Morgan fingerprint density at radius 1 is 0.900 bits per heavy atom. The van der Waals surface area contributed by atoms with Gasteiger partial charge in [-0.3, -0.25) is 10.1 Å². The lowest BCUT2D eigenvalue weighted by Gasteiger charge is -2.02. The first-order valence-electron chi connectivity index (χ1n) is 6.20. The Bertz CT molecular complexity index is 900. The van der Waals surface area contributed by atoms with Gasteiger partial charge >= 0.3 is 0 Å². The van der Waals surface area contributed by atoms with Gasteiger partial charge in [0.2, 0.25) is 0 Å². The Morgan fingerprint density at radius 2 is 1.75 bits per heavy atom. The molecule has 1 aliphatic rings. The number of hydrogen-bond acceptors (Lipinski definition) is 3. The van der Waals surface area contributed by atoms with Gasteiger partial charge in [-0.05, 0) is 45.2 Å². The standard InChI is InChI=1S/C16H9NO3/c18-11-4-5-12-13-3-1-2-9-6-10(17(19)20)7-15(16(9)13)14(12)8-11/h1-8,18H. The maximum atomic E-state index is 11.1. The smallest absolute Gasteiger partial charge is 0.270 e. The molecule has 4 heteroatoms. The Kier molecular flexibility index (Phi) is 1.96. The summed E-state index contributed by atoms with van der Waals surface area (Å²) in [6, 6.07) is 14.1. The number of nitro groups is 1. The lowest BCUT2D eigenvalue weighted by molar-refractivity contribution is -0.384. The van der Waals surface area contributed by atoms with Crippen LogP contribution in [0.2, 0.25) is 0 Å². The van der Waals surface area contributed by atoms with Gasteiger partial charge in [0.25, 0.3) is 5.69 Å². The summed E-state index contributed by atoms with van der Waals surface area (Å²) in [5.74, 6) is 0.163. The molecule has 0 spiro atoms. The number of nitrogens with zero attached hydrogens (tertiary/aromatic N) is 1. The van der Waals surface area contributed by atoms with Crippen LogP contribution in [-0.4, -0.2) is 10.0 Å². The van der Waals surface area contributed by atoms with Crippen molar-refractivity contribution in [2.75, 3.05) is 0 Å². The minimum absolute atomic E-state index is 0.0702. The van der Waals surface area contributed by atoms with E-state index in [1.54, 1.807) is 24.3 Å². The van der Waals surface area contributed by atoms with E-state index in [-0.39, 0.29) is 16.4 Å². The van der Waals surface area contributed by atoms with E-state index in [1.165, 1.54) is 0 Å². The number of rotatable bonds is 1. The first kappa shape index (κ1) is 11.0. The van der Waals surface area contributed by atoms with Crippen molar-refractivity contribution >= 4 is 16.5 Å². The second-order valence-corrected chi connectivity index (χ2v) is 4.88. The van der Waals surface area contributed by atoms with Gasteiger partial charge in [-0.2, -0.15) is 0 Å². The number of phenols is 1. The molecule has 3 aromatic carbocycles. The van der Waals surface area contributed by atoms with Gasteiger partial charge in [-0.25, -0.2) is 0 Å². The Balaban J connectivity index is 2.19. The number of fused-ring (bicyclic) bond motifs is 3. The van der Waals surface area contributed by atoms with Crippen LogP contribution in [0.1, 0.15) is 0 Å². The minimum atomic E-state index is -0.386. The predicted octanol–water partition coefficient (Wildman–Crippen LogP) is 4.10. The van der Waals surface area contributed by atoms with Crippen LogP contribution in [0.25, 0.3) is 33.0 Å². The van der Waals surface area contributed by atoms with Gasteiger partial charge in [-0.1, -0.05) is 24.3 Å². The van der Waals surface area contributed by atoms with Crippen molar-refractivity contribution in [3.05, 3.63) is 58.6 Å². The summed E-state index contributed by atoms with van der Waals surface area (Å²) in [7, 11) is 0. The highest BCUT2D eigenvalue weighted by molar-refractivity contribution is 6.16. The summed E-state index contributed by atoms with van der Waals surface area (Å²) in [4.78, 5) is 10.7. The zero-order valence-electron chi connectivity index (χ0n) is 10.3. The van der Waals surface area contributed by atoms with Crippen LogP contribution >= 0.6 is 0 Å². The lowest BCUT2D eigenvalue weighted by atomic mass is 10.0. The predicted molar refractivity (Wildman–Crippen MR) is 76.7 cm³/mol. The molecule has 0 aliphatic heterocycles. The molecule has 20 heavy (non-hydrogen) atoms. The molecule has 0 aromatic heterocycles. The molecule has 0 unspecified atom stereocenters. The largest absolute Gasteiger partial charge is 0.508 e. The van der Waals surface area contributed by atoms with Gasteiger partial charge in [0.1, 0.15) is 5.75 Å². The second-order valence-electron chi connectivity index (χ2n) is 4.88. The monoisotopic (exact) mass is 263 g/mol. The number of phenolic OH excluding ortho intramolecular Hbond substituents is 1. The van der Waals surface area contributed by atoms with Crippen molar-refractivity contribution in [3.63, 3.8) is 0 Å². The fraction of sp³-hybridized carbons (Fsp3) is 0. The maximum Gasteiger partial charge on any atom is 0.270 e. The van der Waals surface area contributed by atoms with E-state index in [9.17, 15) is 15.2 Å². The third-order valence-corrected chi connectivity index (χ3v) is 3.76. The van der Waals surface area contributed by atoms with Crippen LogP contribution in [0, 0.1) is 10.1 Å². The highest BCUT2D eigenvalue weighted by Gasteiger charge is 2.24. The van der Waals surface area contributed by atoms with Crippen molar-refractivity contribution in [1.29, 1.82) is 0 Å². The van der Waals surface area contributed by atoms with E-state index in [0.29, 0.717) is 0 Å². The Morgan fingerprint density at radius 3 is 2.55 bits per heavy atom. The SMILES string of the molecule is O=[N+]([O-])c1cc2c3c(cccc3c1)-c1ccc(O)cc1-2. The highest BCUT2D eigenvalue weighted by Crippen LogP contribution is 2.49. The van der Waals surface area contributed by atoms with Crippen LogP contribution in [0.5, 0.6) is 5.75 Å². The molecule has 0 atom stereocenters. The minimum Gasteiger partial charge on any atom is -0.508 e.